The first kappa shape index (κ1) is 30.4. The van der Waals surface area contributed by atoms with Gasteiger partial charge < -0.3 is 30.1 Å². The van der Waals surface area contributed by atoms with Crippen LogP contribution in [0.4, 0.5) is 23.0 Å². The van der Waals surface area contributed by atoms with Gasteiger partial charge in [0.2, 0.25) is 5.91 Å². The molecule has 3 aliphatic heterocycles. The van der Waals surface area contributed by atoms with Crippen molar-refractivity contribution in [3.63, 3.8) is 0 Å². The third-order valence-electron chi connectivity index (χ3n) is 10.7. The summed E-state index contributed by atoms with van der Waals surface area (Å²) in [5.41, 5.74) is 2.36. The van der Waals surface area contributed by atoms with Crippen LogP contribution in [0.5, 0.6) is 0 Å². The summed E-state index contributed by atoms with van der Waals surface area (Å²) in [4.78, 5) is 40.4. The number of carbonyl (C=O) groups is 2. The summed E-state index contributed by atoms with van der Waals surface area (Å²) in [5.74, 6) is 2.58. The maximum absolute atomic E-state index is 13.1. The van der Waals surface area contributed by atoms with E-state index in [0.29, 0.717) is 30.6 Å². The van der Waals surface area contributed by atoms with E-state index >= 15 is 0 Å². The molecule has 4 heterocycles. The predicted octanol–water partition coefficient (Wildman–Crippen LogP) is 4.24. The van der Waals surface area contributed by atoms with Gasteiger partial charge in [-0.25, -0.2) is 4.98 Å². The second-order valence-electron chi connectivity index (χ2n) is 13.8. The summed E-state index contributed by atoms with van der Waals surface area (Å²) in [6.07, 6.45) is 9.05. The van der Waals surface area contributed by atoms with Crippen LogP contribution >= 0.6 is 0 Å². The molecule has 0 bridgehead atoms. The lowest BCUT2D eigenvalue weighted by Crippen LogP contribution is -2.56. The molecule has 2 saturated carbocycles. The van der Waals surface area contributed by atoms with Crippen LogP contribution < -0.4 is 20.4 Å². The minimum atomic E-state index is -0.284. The summed E-state index contributed by atoms with van der Waals surface area (Å²) < 4.78 is 5.59. The van der Waals surface area contributed by atoms with Gasteiger partial charge in [-0.1, -0.05) is 0 Å². The highest BCUT2D eigenvalue weighted by Gasteiger charge is 2.39. The highest BCUT2D eigenvalue weighted by atomic mass is 16.5. The maximum atomic E-state index is 13.1. The molecule has 1 aromatic heterocycles. The topological polar surface area (TPSA) is 93.3 Å². The van der Waals surface area contributed by atoms with Gasteiger partial charge in [-0.15, -0.1) is 0 Å². The van der Waals surface area contributed by atoms with E-state index in [4.69, 9.17) is 9.72 Å². The molecule has 10 nitrogen and oxygen atoms in total. The van der Waals surface area contributed by atoms with Gasteiger partial charge in [0, 0.05) is 82.4 Å². The van der Waals surface area contributed by atoms with Crippen LogP contribution in [-0.2, 0) is 9.53 Å². The molecule has 2 aromatic rings. The molecule has 0 unspecified atom stereocenters. The number of amides is 2. The Morgan fingerprint density at radius 3 is 2.29 bits per heavy atom. The summed E-state index contributed by atoms with van der Waals surface area (Å²) >= 11 is 0. The highest BCUT2D eigenvalue weighted by molar-refractivity contribution is 6.04. The molecule has 0 spiro atoms. The zero-order valence-electron chi connectivity index (χ0n) is 26.9. The first-order valence-corrected chi connectivity index (χ1v) is 17.2. The summed E-state index contributed by atoms with van der Waals surface area (Å²) in [5, 5.41) is 6.71. The number of benzene rings is 1. The van der Waals surface area contributed by atoms with Crippen LogP contribution in [-0.4, -0.2) is 104 Å². The van der Waals surface area contributed by atoms with Crippen molar-refractivity contribution in [1.82, 2.24) is 20.1 Å². The Kier molecular flexibility index (Phi) is 8.97. The van der Waals surface area contributed by atoms with Crippen LogP contribution in [0.15, 0.2) is 36.4 Å². The van der Waals surface area contributed by atoms with Crippen molar-refractivity contribution >= 4 is 34.8 Å². The van der Waals surface area contributed by atoms with Crippen LogP contribution in [0.3, 0.4) is 0 Å². The maximum Gasteiger partial charge on any atom is 0.251 e. The largest absolute Gasteiger partial charge is 0.381 e. The van der Waals surface area contributed by atoms with Crippen molar-refractivity contribution in [2.24, 2.45) is 5.92 Å². The van der Waals surface area contributed by atoms with Gasteiger partial charge in [0.05, 0.1) is 5.69 Å². The summed E-state index contributed by atoms with van der Waals surface area (Å²) in [6.45, 7) is 9.49. The quantitative estimate of drug-likeness (QED) is 0.456. The highest BCUT2D eigenvalue weighted by Crippen LogP contribution is 2.38. The molecule has 1 aromatic carbocycles. The number of hydrogen-bond donors (Lipinski definition) is 2. The Hall–Kier alpha value is -3.21. The number of nitrogens with one attached hydrogen (secondary N) is 2. The Morgan fingerprint density at radius 2 is 1.60 bits per heavy atom. The van der Waals surface area contributed by atoms with E-state index in [1.807, 2.05) is 50.4 Å². The molecular weight excluding hydrogens is 566 g/mol. The van der Waals surface area contributed by atoms with E-state index in [1.165, 1.54) is 58.4 Å². The Balaban J connectivity index is 0.924. The fourth-order valence-electron chi connectivity index (χ4n) is 7.80. The number of likely N-dealkylation sites (N-methyl/N-ethyl adjacent to an activating group) is 1. The van der Waals surface area contributed by atoms with Crippen LogP contribution in [0.2, 0.25) is 0 Å². The fraction of sp³-hybridized carbons (Fsp3) is 0.629. The minimum Gasteiger partial charge on any atom is -0.381 e. The van der Waals surface area contributed by atoms with Gasteiger partial charge in [0.15, 0.2) is 5.82 Å². The number of fused-ring (bicyclic) bond motifs is 1. The van der Waals surface area contributed by atoms with Crippen molar-refractivity contribution in [1.29, 1.82) is 0 Å². The smallest absolute Gasteiger partial charge is 0.251 e. The van der Waals surface area contributed by atoms with E-state index in [1.54, 1.807) is 4.90 Å². The molecule has 1 atom stereocenters. The first-order chi connectivity index (χ1) is 21.9. The molecule has 4 fully saturated rings. The van der Waals surface area contributed by atoms with Gasteiger partial charge in [-0.2, -0.15) is 0 Å². The molecule has 0 radical (unpaired) electrons. The van der Waals surface area contributed by atoms with Gasteiger partial charge in [-0.05, 0) is 101 Å². The summed E-state index contributed by atoms with van der Waals surface area (Å²) in [6, 6.07) is 12.3. The number of pyridine rings is 1. The molecule has 2 aliphatic carbocycles. The lowest BCUT2D eigenvalue weighted by molar-refractivity contribution is -0.119. The van der Waals surface area contributed by atoms with E-state index < -0.39 is 0 Å². The monoisotopic (exact) mass is 615 g/mol. The molecule has 45 heavy (non-hydrogen) atoms. The zero-order chi connectivity index (χ0) is 30.9. The molecule has 2 N–H and O–H groups in total. The second-order valence-corrected chi connectivity index (χ2v) is 13.8. The van der Waals surface area contributed by atoms with Crippen LogP contribution in [0.25, 0.3) is 0 Å². The van der Waals surface area contributed by atoms with E-state index in [-0.39, 0.29) is 29.9 Å². The fourth-order valence-corrected chi connectivity index (χ4v) is 7.80. The third-order valence-corrected chi connectivity index (χ3v) is 10.7. The number of aromatic nitrogens is 1. The van der Waals surface area contributed by atoms with E-state index in [0.717, 1.165) is 48.8 Å². The average Bonchev–Trinajstić information content (AvgIpc) is 3.89. The first-order valence-electron chi connectivity index (χ1n) is 17.2. The van der Waals surface area contributed by atoms with Gasteiger partial charge in [0.1, 0.15) is 11.9 Å². The molecule has 2 amide bonds. The molecule has 10 heteroatoms. The van der Waals surface area contributed by atoms with Crippen molar-refractivity contribution < 1.29 is 14.3 Å². The normalized spacial score (nSPS) is 26.9. The number of ether oxygens (including phenoxy) is 1. The Labute approximate surface area is 267 Å². The van der Waals surface area contributed by atoms with E-state index in [9.17, 15) is 9.59 Å². The van der Waals surface area contributed by atoms with Crippen molar-refractivity contribution in [2.45, 2.75) is 82.5 Å². The number of nitrogens with zero attached hydrogens (tertiary/aromatic N) is 5. The van der Waals surface area contributed by atoms with Gasteiger partial charge >= 0.3 is 0 Å². The third kappa shape index (κ3) is 6.83. The number of hydrogen-bond acceptors (Lipinski definition) is 8. The number of anilines is 4. The Bertz CT molecular complexity index is 1340. The van der Waals surface area contributed by atoms with Crippen LogP contribution in [0.1, 0.15) is 68.6 Å². The molecule has 7 rings (SSSR count). The molecule has 2 saturated heterocycles. The molecule has 5 aliphatic rings. The van der Waals surface area contributed by atoms with Crippen molar-refractivity contribution in [3.05, 3.63) is 42.0 Å². The SMILES string of the molecule is C[C@@H]1C(=O)N(C)c2ccc(Nc3ccc(C(=O)N[C@H]4CC[C@H](N5CCN(CC6CC6)CC5)CC4)cc3)nc2N1C1CCOCC1. The second kappa shape index (κ2) is 13.3. The predicted molar refractivity (Wildman–Crippen MR) is 177 cm³/mol. The number of carbonyl (C=O) groups excluding carboxylic acids is 2. The minimum absolute atomic E-state index is 0.000564. The number of piperazine rings is 1. The van der Waals surface area contributed by atoms with Crippen molar-refractivity contribution in [3.8, 4) is 0 Å². The number of rotatable bonds is 8. The van der Waals surface area contributed by atoms with Gasteiger partial charge in [-0.3, -0.25) is 14.5 Å². The lowest BCUT2D eigenvalue weighted by Gasteiger charge is -2.44. The average molecular weight is 616 g/mol. The van der Waals surface area contributed by atoms with E-state index in [2.05, 4.69) is 25.3 Å². The van der Waals surface area contributed by atoms with Gasteiger partial charge in [0.25, 0.3) is 5.91 Å². The summed E-state index contributed by atoms with van der Waals surface area (Å²) in [7, 11) is 1.82. The van der Waals surface area contributed by atoms with Crippen molar-refractivity contribution in [2.75, 3.05) is 68.1 Å². The van der Waals surface area contributed by atoms with Crippen LogP contribution in [0, 0.1) is 5.92 Å². The molecule has 242 valence electrons. The zero-order valence-corrected chi connectivity index (χ0v) is 26.9. The Morgan fingerprint density at radius 1 is 0.889 bits per heavy atom. The standard InChI is InChI=1S/C35H49N7O3/c1-24-35(44)39(2)31-13-14-32(38-33(31)42(24)30-15-21-45-22-16-30)36-27-7-5-26(6-8-27)34(43)37-28-9-11-29(12-10-28)41-19-17-40(18-20-41)23-25-3-4-25/h5-8,13-14,24-25,28-30H,3-4,9-12,15-23H2,1-2H3,(H,36,38)(H,37,43)/t24-,28-,29-/m1/s1. The molecular formula is C35H49N7O3. The lowest BCUT2D eigenvalue weighted by atomic mass is 9.89.